The smallest absolute Gasteiger partial charge is 0.307 e. The highest BCUT2D eigenvalue weighted by Gasteiger charge is 2.39. The second-order valence-corrected chi connectivity index (χ2v) is 7.06. The SMILES string of the molecule is CC(=O)c1cc(Br)ccc1N1CC(S(=O)(=O)F)CC1=O. The first kappa shape index (κ1) is 15.1. The molecule has 1 heterocycles. The van der Waals surface area contributed by atoms with Crippen molar-refractivity contribution in [3.05, 3.63) is 28.2 Å². The van der Waals surface area contributed by atoms with E-state index in [0.29, 0.717) is 10.2 Å². The second-order valence-electron chi connectivity index (χ2n) is 4.52. The zero-order chi connectivity index (χ0) is 15.1. The van der Waals surface area contributed by atoms with E-state index < -0.39 is 27.8 Å². The molecule has 108 valence electrons. The fourth-order valence-corrected chi connectivity index (χ4v) is 3.15. The van der Waals surface area contributed by atoms with Crippen LogP contribution >= 0.6 is 15.9 Å². The summed E-state index contributed by atoms with van der Waals surface area (Å²) in [4.78, 5) is 24.6. The van der Waals surface area contributed by atoms with E-state index in [9.17, 15) is 21.9 Å². The van der Waals surface area contributed by atoms with Crippen LogP contribution in [0, 0.1) is 0 Å². The van der Waals surface area contributed by atoms with E-state index in [1.807, 2.05) is 0 Å². The standard InChI is InChI=1S/C12H11BrFNO4S/c1-7(16)10-4-8(13)2-3-11(10)15-6-9(5-12(15)17)20(14,18)19/h2-4,9H,5-6H2,1H3. The van der Waals surface area contributed by atoms with Gasteiger partial charge in [-0.25, -0.2) is 0 Å². The first-order valence-corrected chi connectivity index (χ1v) is 7.98. The van der Waals surface area contributed by atoms with E-state index in [4.69, 9.17) is 0 Å². The highest BCUT2D eigenvalue weighted by Crippen LogP contribution is 2.30. The van der Waals surface area contributed by atoms with Gasteiger partial charge in [-0.15, -0.1) is 3.89 Å². The monoisotopic (exact) mass is 363 g/mol. The van der Waals surface area contributed by atoms with Crippen molar-refractivity contribution in [1.29, 1.82) is 0 Å². The Morgan fingerprint density at radius 3 is 2.60 bits per heavy atom. The first-order chi connectivity index (χ1) is 9.20. The number of halogens is 2. The summed E-state index contributed by atoms with van der Waals surface area (Å²) in [5.41, 5.74) is 0.585. The minimum absolute atomic E-state index is 0.263. The lowest BCUT2D eigenvalue weighted by atomic mass is 10.1. The lowest BCUT2D eigenvalue weighted by Gasteiger charge is -2.19. The summed E-state index contributed by atoms with van der Waals surface area (Å²) in [6, 6.07) is 4.71. The number of nitrogens with zero attached hydrogens (tertiary/aromatic N) is 1. The molecule has 0 aromatic heterocycles. The Kier molecular flexibility index (Phi) is 3.97. The minimum atomic E-state index is -4.77. The van der Waals surface area contributed by atoms with E-state index in [-0.39, 0.29) is 17.9 Å². The topological polar surface area (TPSA) is 71.5 Å². The number of anilines is 1. The normalized spacial score (nSPS) is 19.4. The van der Waals surface area contributed by atoms with Gasteiger partial charge in [-0.3, -0.25) is 9.59 Å². The Morgan fingerprint density at radius 2 is 2.10 bits per heavy atom. The summed E-state index contributed by atoms with van der Waals surface area (Å²) < 4.78 is 35.5. The van der Waals surface area contributed by atoms with Crippen molar-refractivity contribution >= 4 is 43.5 Å². The zero-order valence-corrected chi connectivity index (χ0v) is 12.9. The Morgan fingerprint density at radius 1 is 1.45 bits per heavy atom. The van der Waals surface area contributed by atoms with Crippen molar-refractivity contribution in [3.8, 4) is 0 Å². The van der Waals surface area contributed by atoms with E-state index >= 15 is 0 Å². The average molecular weight is 364 g/mol. The van der Waals surface area contributed by atoms with Crippen molar-refractivity contribution < 1.29 is 21.9 Å². The predicted octanol–water partition coefficient (Wildman–Crippen LogP) is 2.06. The van der Waals surface area contributed by atoms with E-state index in [0.717, 1.165) is 4.90 Å². The predicted molar refractivity (Wildman–Crippen MR) is 74.9 cm³/mol. The molecule has 0 radical (unpaired) electrons. The number of ketones is 1. The molecule has 0 saturated carbocycles. The van der Waals surface area contributed by atoms with Gasteiger partial charge in [0, 0.05) is 23.0 Å². The van der Waals surface area contributed by atoms with Crippen LogP contribution in [0.1, 0.15) is 23.7 Å². The van der Waals surface area contributed by atoms with Crippen LogP contribution in [-0.2, 0) is 15.0 Å². The van der Waals surface area contributed by atoms with E-state index in [1.165, 1.54) is 13.0 Å². The molecule has 1 saturated heterocycles. The molecule has 1 atom stereocenters. The van der Waals surface area contributed by atoms with Crippen molar-refractivity contribution in [3.63, 3.8) is 0 Å². The number of amides is 1. The van der Waals surface area contributed by atoms with Crippen LogP contribution in [0.2, 0.25) is 0 Å². The molecule has 1 amide bonds. The fourth-order valence-electron chi connectivity index (χ4n) is 2.12. The van der Waals surface area contributed by atoms with E-state index in [2.05, 4.69) is 15.9 Å². The summed E-state index contributed by atoms with van der Waals surface area (Å²) in [6.45, 7) is 1.06. The first-order valence-electron chi connectivity index (χ1n) is 5.74. The molecule has 2 rings (SSSR count). The summed E-state index contributed by atoms with van der Waals surface area (Å²) >= 11 is 3.22. The van der Waals surface area contributed by atoms with Crippen molar-refractivity contribution in [2.45, 2.75) is 18.6 Å². The van der Waals surface area contributed by atoms with Crippen molar-refractivity contribution in [1.82, 2.24) is 0 Å². The maximum Gasteiger partial charge on any atom is 0.307 e. The van der Waals surface area contributed by atoms with Gasteiger partial charge in [-0.1, -0.05) is 15.9 Å². The van der Waals surface area contributed by atoms with Gasteiger partial charge < -0.3 is 4.90 Å². The molecule has 5 nitrogen and oxygen atoms in total. The molecule has 20 heavy (non-hydrogen) atoms. The van der Waals surface area contributed by atoms with Gasteiger partial charge in [0.2, 0.25) is 5.91 Å². The molecule has 0 N–H and O–H groups in total. The van der Waals surface area contributed by atoms with Crippen LogP contribution in [0.15, 0.2) is 22.7 Å². The molecule has 0 spiro atoms. The van der Waals surface area contributed by atoms with Crippen LogP contribution in [0.3, 0.4) is 0 Å². The van der Waals surface area contributed by atoms with E-state index in [1.54, 1.807) is 12.1 Å². The molecule has 0 aliphatic carbocycles. The third-order valence-corrected chi connectivity index (χ3v) is 4.72. The van der Waals surface area contributed by atoms with Gasteiger partial charge in [-0.2, -0.15) is 8.42 Å². The molecule has 1 aromatic rings. The molecular weight excluding hydrogens is 353 g/mol. The highest BCUT2D eigenvalue weighted by molar-refractivity contribution is 9.10. The van der Waals surface area contributed by atoms with Gasteiger partial charge in [0.05, 0.1) is 5.69 Å². The summed E-state index contributed by atoms with van der Waals surface area (Å²) in [5, 5.41) is -1.38. The zero-order valence-electron chi connectivity index (χ0n) is 10.5. The number of carbonyl (C=O) groups excluding carboxylic acids is 2. The van der Waals surface area contributed by atoms with Gasteiger partial charge >= 0.3 is 10.2 Å². The fraction of sp³-hybridized carbons (Fsp3) is 0.333. The van der Waals surface area contributed by atoms with Gasteiger partial charge in [0.25, 0.3) is 0 Å². The molecule has 0 bridgehead atoms. The van der Waals surface area contributed by atoms with Crippen LogP contribution in [-0.4, -0.2) is 31.9 Å². The largest absolute Gasteiger partial charge is 0.310 e. The van der Waals surface area contributed by atoms with Crippen molar-refractivity contribution in [2.75, 3.05) is 11.4 Å². The average Bonchev–Trinajstić information content (AvgIpc) is 2.71. The summed E-state index contributed by atoms with van der Waals surface area (Å²) in [7, 11) is -4.77. The summed E-state index contributed by atoms with van der Waals surface area (Å²) in [5.74, 6) is -0.776. The van der Waals surface area contributed by atoms with Crippen LogP contribution in [0.25, 0.3) is 0 Å². The van der Waals surface area contributed by atoms with Crippen LogP contribution < -0.4 is 4.90 Å². The number of benzene rings is 1. The van der Waals surface area contributed by atoms with Crippen LogP contribution in [0.5, 0.6) is 0 Å². The third-order valence-electron chi connectivity index (χ3n) is 3.12. The quantitative estimate of drug-likeness (QED) is 0.608. The maximum atomic E-state index is 13.0. The van der Waals surface area contributed by atoms with Crippen LogP contribution in [0.4, 0.5) is 9.57 Å². The Balaban J connectivity index is 2.43. The molecular formula is C12H11BrFNO4S. The van der Waals surface area contributed by atoms with Gasteiger partial charge in [-0.05, 0) is 25.1 Å². The molecule has 1 unspecified atom stereocenters. The minimum Gasteiger partial charge on any atom is -0.310 e. The number of carbonyl (C=O) groups is 2. The van der Waals surface area contributed by atoms with Crippen molar-refractivity contribution in [2.24, 2.45) is 0 Å². The highest BCUT2D eigenvalue weighted by atomic mass is 79.9. The van der Waals surface area contributed by atoms with Gasteiger partial charge in [0.15, 0.2) is 5.78 Å². The number of rotatable bonds is 3. The third kappa shape index (κ3) is 2.90. The molecule has 1 fully saturated rings. The number of Topliss-reactive ketones (excluding diaryl/α,β-unsaturated/α-hetero) is 1. The Labute approximate surface area is 124 Å². The van der Waals surface area contributed by atoms with Gasteiger partial charge in [0.1, 0.15) is 5.25 Å². The molecule has 8 heteroatoms. The Hall–Kier alpha value is -1.28. The number of hydrogen-bond acceptors (Lipinski definition) is 4. The lowest BCUT2D eigenvalue weighted by molar-refractivity contribution is -0.117. The maximum absolute atomic E-state index is 13.0. The summed E-state index contributed by atoms with van der Waals surface area (Å²) in [6.07, 6.45) is -0.410. The molecule has 1 aromatic carbocycles. The lowest BCUT2D eigenvalue weighted by Crippen LogP contribution is -2.28. The Bertz CT molecular complexity index is 689. The number of hydrogen-bond donors (Lipinski definition) is 0. The molecule has 1 aliphatic heterocycles. The second kappa shape index (κ2) is 5.25. The molecule has 1 aliphatic rings.